The van der Waals surface area contributed by atoms with E-state index in [2.05, 4.69) is 19.1 Å². The van der Waals surface area contributed by atoms with Crippen LogP contribution >= 0.6 is 11.6 Å². The van der Waals surface area contributed by atoms with Gasteiger partial charge in [0.1, 0.15) is 0 Å². The molecule has 1 aromatic carbocycles. The van der Waals surface area contributed by atoms with Gasteiger partial charge in [-0.05, 0) is 30.5 Å². The molecule has 0 aromatic heterocycles. The maximum absolute atomic E-state index is 5.97. The standard InChI is InChI=1S/C11H14Cl/c1-2-3-4-7-10-8-5-6-9-11(10)12/h5,8-9H,2-4,7H2,1H3. The van der Waals surface area contributed by atoms with Gasteiger partial charge in [-0.25, -0.2) is 0 Å². The predicted octanol–water partition coefficient (Wildman–Crippen LogP) is 3.87. The number of rotatable bonds is 4. The highest BCUT2D eigenvalue weighted by atomic mass is 35.5. The Hall–Kier alpha value is -0.490. The monoisotopic (exact) mass is 181 g/mol. The molecule has 0 bridgehead atoms. The zero-order chi connectivity index (χ0) is 8.81. The molecule has 65 valence electrons. The molecule has 0 spiro atoms. The summed E-state index contributed by atoms with van der Waals surface area (Å²) in [4.78, 5) is 0. The molecule has 1 aromatic rings. The molecular weight excluding hydrogens is 168 g/mol. The van der Waals surface area contributed by atoms with Crippen LogP contribution in [0.5, 0.6) is 0 Å². The van der Waals surface area contributed by atoms with Crippen molar-refractivity contribution in [1.29, 1.82) is 0 Å². The van der Waals surface area contributed by atoms with Crippen molar-refractivity contribution in [1.82, 2.24) is 0 Å². The summed E-state index contributed by atoms with van der Waals surface area (Å²) in [5.74, 6) is 0. The Labute approximate surface area is 79.6 Å². The Morgan fingerprint density at radius 3 is 2.92 bits per heavy atom. The van der Waals surface area contributed by atoms with Gasteiger partial charge in [-0.1, -0.05) is 43.5 Å². The van der Waals surface area contributed by atoms with E-state index in [4.69, 9.17) is 11.6 Å². The van der Waals surface area contributed by atoms with E-state index in [-0.39, 0.29) is 0 Å². The minimum atomic E-state index is 0.855. The van der Waals surface area contributed by atoms with E-state index >= 15 is 0 Å². The lowest BCUT2D eigenvalue weighted by Crippen LogP contribution is -1.85. The maximum atomic E-state index is 5.97. The van der Waals surface area contributed by atoms with Gasteiger partial charge >= 0.3 is 0 Å². The van der Waals surface area contributed by atoms with Crippen LogP contribution in [0.25, 0.3) is 0 Å². The normalized spacial score (nSPS) is 10.2. The molecule has 0 aliphatic heterocycles. The van der Waals surface area contributed by atoms with Crippen LogP contribution in [-0.4, -0.2) is 0 Å². The van der Waals surface area contributed by atoms with Gasteiger partial charge in [-0.3, -0.25) is 0 Å². The van der Waals surface area contributed by atoms with Crippen LogP contribution in [0.2, 0.25) is 5.02 Å². The van der Waals surface area contributed by atoms with Gasteiger partial charge in [0.15, 0.2) is 0 Å². The van der Waals surface area contributed by atoms with E-state index in [0.29, 0.717) is 0 Å². The van der Waals surface area contributed by atoms with Gasteiger partial charge in [0.05, 0.1) is 0 Å². The smallest absolute Gasteiger partial charge is 0.0444 e. The molecule has 0 saturated carbocycles. The first-order valence-electron chi connectivity index (χ1n) is 4.49. The zero-order valence-corrected chi connectivity index (χ0v) is 8.19. The number of unbranched alkanes of at least 4 members (excludes halogenated alkanes) is 2. The molecule has 0 aliphatic rings. The van der Waals surface area contributed by atoms with Crippen molar-refractivity contribution >= 4 is 11.6 Å². The minimum absolute atomic E-state index is 0.855. The van der Waals surface area contributed by atoms with Crippen LogP contribution in [0.1, 0.15) is 31.7 Å². The number of hydrogen-bond donors (Lipinski definition) is 0. The number of halogens is 1. The van der Waals surface area contributed by atoms with Crippen molar-refractivity contribution in [2.45, 2.75) is 32.6 Å². The van der Waals surface area contributed by atoms with Crippen LogP contribution in [0.15, 0.2) is 18.2 Å². The van der Waals surface area contributed by atoms with Crippen molar-refractivity contribution < 1.29 is 0 Å². The number of hydrogen-bond acceptors (Lipinski definition) is 0. The van der Waals surface area contributed by atoms with Crippen LogP contribution in [0, 0.1) is 6.07 Å². The van der Waals surface area contributed by atoms with E-state index in [0.717, 1.165) is 11.4 Å². The highest BCUT2D eigenvalue weighted by Gasteiger charge is 1.97. The van der Waals surface area contributed by atoms with E-state index in [1.807, 2.05) is 12.1 Å². The Morgan fingerprint density at radius 2 is 2.25 bits per heavy atom. The highest BCUT2D eigenvalue weighted by molar-refractivity contribution is 6.31. The Bertz CT molecular complexity index is 230. The van der Waals surface area contributed by atoms with Crippen LogP contribution < -0.4 is 0 Å². The van der Waals surface area contributed by atoms with Gasteiger partial charge in [0.25, 0.3) is 0 Å². The molecule has 1 heteroatoms. The van der Waals surface area contributed by atoms with Crippen molar-refractivity contribution in [3.05, 3.63) is 34.9 Å². The fourth-order valence-electron chi connectivity index (χ4n) is 1.21. The van der Waals surface area contributed by atoms with Gasteiger partial charge in [-0.15, -0.1) is 0 Å². The summed E-state index contributed by atoms with van der Waals surface area (Å²) in [6.07, 6.45) is 4.88. The quantitative estimate of drug-likeness (QED) is 0.619. The molecule has 0 amide bonds. The second-order valence-electron chi connectivity index (χ2n) is 2.97. The third-order valence-corrected chi connectivity index (χ3v) is 2.30. The molecule has 0 saturated heterocycles. The van der Waals surface area contributed by atoms with Crippen molar-refractivity contribution in [2.75, 3.05) is 0 Å². The summed E-state index contributed by atoms with van der Waals surface area (Å²) in [7, 11) is 0. The van der Waals surface area contributed by atoms with E-state index in [9.17, 15) is 0 Å². The van der Waals surface area contributed by atoms with Crippen molar-refractivity contribution in [2.24, 2.45) is 0 Å². The van der Waals surface area contributed by atoms with Crippen LogP contribution in [0.4, 0.5) is 0 Å². The summed E-state index contributed by atoms with van der Waals surface area (Å²) >= 11 is 5.97. The van der Waals surface area contributed by atoms with E-state index in [1.54, 1.807) is 0 Å². The summed E-state index contributed by atoms with van der Waals surface area (Å²) in [5, 5.41) is 0.855. The van der Waals surface area contributed by atoms with E-state index < -0.39 is 0 Å². The molecule has 0 fully saturated rings. The molecular formula is C11H14Cl. The number of benzene rings is 1. The highest BCUT2D eigenvalue weighted by Crippen LogP contribution is 2.16. The largest absolute Gasteiger partial charge is 0.0840 e. The minimum Gasteiger partial charge on any atom is -0.0840 e. The average Bonchev–Trinajstić information content (AvgIpc) is 2.09. The molecule has 1 radical (unpaired) electrons. The molecule has 0 unspecified atom stereocenters. The van der Waals surface area contributed by atoms with Crippen LogP contribution in [-0.2, 0) is 6.42 Å². The lowest BCUT2D eigenvalue weighted by molar-refractivity contribution is 0.717. The summed E-state index contributed by atoms with van der Waals surface area (Å²) in [6.45, 7) is 2.21. The molecule has 0 heterocycles. The summed E-state index contributed by atoms with van der Waals surface area (Å²) in [5.41, 5.74) is 1.25. The van der Waals surface area contributed by atoms with Gasteiger partial charge in [-0.2, -0.15) is 0 Å². The Kier molecular flexibility index (Phi) is 4.16. The molecule has 0 N–H and O–H groups in total. The lowest BCUT2D eigenvalue weighted by atomic mass is 10.1. The third-order valence-electron chi connectivity index (χ3n) is 1.95. The summed E-state index contributed by atoms with van der Waals surface area (Å²) < 4.78 is 0. The molecule has 0 aliphatic carbocycles. The fourth-order valence-corrected chi connectivity index (χ4v) is 1.43. The van der Waals surface area contributed by atoms with Crippen molar-refractivity contribution in [3.8, 4) is 0 Å². The van der Waals surface area contributed by atoms with Crippen molar-refractivity contribution in [3.63, 3.8) is 0 Å². The predicted molar refractivity (Wildman–Crippen MR) is 53.5 cm³/mol. The topological polar surface area (TPSA) is 0 Å². The Balaban J connectivity index is 2.46. The number of aryl methyl sites for hydroxylation is 1. The first kappa shape index (κ1) is 9.60. The molecule has 0 atom stereocenters. The second-order valence-corrected chi connectivity index (χ2v) is 3.38. The van der Waals surface area contributed by atoms with Gasteiger partial charge in [0, 0.05) is 5.02 Å². The molecule has 0 nitrogen and oxygen atoms in total. The summed E-state index contributed by atoms with van der Waals surface area (Å²) in [6, 6.07) is 8.77. The Morgan fingerprint density at radius 1 is 1.42 bits per heavy atom. The van der Waals surface area contributed by atoms with Gasteiger partial charge < -0.3 is 0 Å². The van der Waals surface area contributed by atoms with Crippen LogP contribution in [0.3, 0.4) is 0 Å². The zero-order valence-electron chi connectivity index (χ0n) is 7.44. The SMILES string of the molecule is CCCCCc1cc[c]cc1Cl. The van der Waals surface area contributed by atoms with Gasteiger partial charge in [0.2, 0.25) is 0 Å². The molecule has 12 heavy (non-hydrogen) atoms. The second kappa shape index (κ2) is 5.21. The third kappa shape index (κ3) is 2.86. The lowest BCUT2D eigenvalue weighted by Gasteiger charge is -2.01. The first-order chi connectivity index (χ1) is 5.84. The first-order valence-corrected chi connectivity index (χ1v) is 4.87. The average molecular weight is 182 g/mol. The maximum Gasteiger partial charge on any atom is 0.0444 e. The van der Waals surface area contributed by atoms with E-state index in [1.165, 1.54) is 24.8 Å². The fraction of sp³-hybridized carbons (Fsp3) is 0.455. The molecule has 1 rings (SSSR count).